The highest BCUT2D eigenvalue weighted by Crippen LogP contribution is 2.25. The lowest BCUT2D eigenvalue weighted by atomic mass is 10.2. The molecule has 0 aromatic carbocycles. The summed E-state index contributed by atoms with van der Waals surface area (Å²) < 4.78 is 7.36. The van der Waals surface area contributed by atoms with Crippen LogP contribution in [-0.4, -0.2) is 59.5 Å². The Morgan fingerprint density at radius 1 is 1.50 bits per heavy atom. The van der Waals surface area contributed by atoms with Crippen molar-refractivity contribution in [2.75, 3.05) is 38.8 Å². The molecule has 1 aliphatic rings. The van der Waals surface area contributed by atoms with Crippen molar-refractivity contribution in [2.45, 2.75) is 19.9 Å². The van der Waals surface area contributed by atoms with Crippen LogP contribution in [-0.2, 0) is 4.74 Å². The lowest BCUT2D eigenvalue weighted by molar-refractivity contribution is 0.0985. The molecule has 3 N–H and O–H groups in total. The molecule has 0 radical (unpaired) electrons. The van der Waals surface area contributed by atoms with Gasteiger partial charge in [-0.15, -0.1) is 0 Å². The third-order valence-corrected chi connectivity index (χ3v) is 4.33. The Kier molecular flexibility index (Phi) is 4.59. The molecule has 8 nitrogen and oxygen atoms in total. The van der Waals surface area contributed by atoms with Gasteiger partial charge in [-0.3, -0.25) is 0 Å². The summed E-state index contributed by atoms with van der Waals surface area (Å²) in [7, 11) is 3.70. The van der Waals surface area contributed by atoms with Crippen molar-refractivity contribution in [3.05, 3.63) is 29.7 Å². The normalized spacial score (nSPS) is 19.4. The number of nitrogens with one attached hydrogen (secondary N) is 1. The molecule has 1 saturated heterocycles. The number of anilines is 1. The number of nitrogens with two attached hydrogens (primary N) is 1. The van der Waals surface area contributed by atoms with E-state index in [1.165, 1.54) is 0 Å². The van der Waals surface area contributed by atoms with Crippen LogP contribution < -0.4 is 16.1 Å². The number of aromatic nitrogens is 3. The van der Waals surface area contributed by atoms with Crippen molar-refractivity contribution in [1.29, 1.82) is 0 Å². The number of hydrogen-bond donors (Lipinski definition) is 2. The van der Waals surface area contributed by atoms with Crippen LogP contribution in [0.5, 0.6) is 0 Å². The third-order valence-electron chi connectivity index (χ3n) is 4.33. The van der Waals surface area contributed by atoms with Crippen LogP contribution in [0.4, 0.5) is 5.82 Å². The molecule has 0 bridgehead atoms. The van der Waals surface area contributed by atoms with Gasteiger partial charge in [-0.1, -0.05) is 0 Å². The van der Waals surface area contributed by atoms with Gasteiger partial charge in [0.2, 0.25) is 0 Å². The quantitative estimate of drug-likeness (QED) is 0.629. The minimum atomic E-state index is 0.276. The first-order valence-electron chi connectivity index (χ1n) is 8.09. The summed E-state index contributed by atoms with van der Waals surface area (Å²) in [6, 6.07) is 4.22. The van der Waals surface area contributed by atoms with Gasteiger partial charge in [0.1, 0.15) is 5.82 Å². The number of fused-ring (bicyclic) bond motifs is 1. The second kappa shape index (κ2) is 6.66. The van der Waals surface area contributed by atoms with Gasteiger partial charge in [0.25, 0.3) is 0 Å². The predicted octanol–water partition coefficient (Wildman–Crippen LogP) is 0.668. The molecule has 0 amide bonds. The van der Waals surface area contributed by atoms with Crippen molar-refractivity contribution < 1.29 is 4.74 Å². The summed E-state index contributed by atoms with van der Waals surface area (Å²) >= 11 is 0. The molecular weight excluding hydrogens is 306 g/mol. The van der Waals surface area contributed by atoms with E-state index in [4.69, 9.17) is 15.6 Å². The molecule has 1 fully saturated rings. The Morgan fingerprint density at radius 3 is 2.96 bits per heavy atom. The van der Waals surface area contributed by atoms with Gasteiger partial charge in [0, 0.05) is 38.5 Å². The monoisotopic (exact) mass is 331 g/mol. The first-order chi connectivity index (χ1) is 11.5. The van der Waals surface area contributed by atoms with Gasteiger partial charge in [-0.25, -0.2) is 15.3 Å². The predicted molar refractivity (Wildman–Crippen MR) is 94.2 cm³/mol. The van der Waals surface area contributed by atoms with Crippen LogP contribution in [0.25, 0.3) is 11.3 Å². The van der Waals surface area contributed by atoms with Gasteiger partial charge in [0.15, 0.2) is 5.65 Å². The zero-order valence-electron chi connectivity index (χ0n) is 14.7. The Balaban J connectivity index is 2.18. The van der Waals surface area contributed by atoms with E-state index in [9.17, 15) is 0 Å². The minimum absolute atomic E-state index is 0.276. The van der Waals surface area contributed by atoms with E-state index < -0.39 is 0 Å². The lowest BCUT2D eigenvalue weighted by Gasteiger charge is -2.34. The third kappa shape index (κ3) is 2.90. The van der Waals surface area contributed by atoms with E-state index in [-0.39, 0.29) is 6.04 Å². The molecule has 1 atom stereocenters. The molecule has 3 rings (SSSR count). The maximum absolute atomic E-state index is 6.10. The standard InChI is InChI=1S/C16H25N7O/c1-11-10-24-8-7-22(11)15-9-13(16(21(4)17)12(2)18-3)23-14(20-15)5-6-19-23/h5-6,9,11,18H,7-8,10,17H2,1-4H3/b16-12-/t11-/m1/s1. The first kappa shape index (κ1) is 16.5. The van der Waals surface area contributed by atoms with Gasteiger partial charge in [-0.05, 0) is 13.8 Å². The van der Waals surface area contributed by atoms with Crippen molar-refractivity contribution in [2.24, 2.45) is 5.84 Å². The summed E-state index contributed by atoms with van der Waals surface area (Å²) in [5.74, 6) is 7.02. The average molecular weight is 331 g/mol. The average Bonchev–Trinajstić information content (AvgIpc) is 3.03. The molecule has 2 aromatic heterocycles. The highest BCUT2D eigenvalue weighted by Gasteiger charge is 2.23. The smallest absolute Gasteiger partial charge is 0.158 e. The van der Waals surface area contributed by atoms with Crippen LogP contribution in [0, 0.1) is 0 Å². The Morgan fingerprint density at radius 2 is 2.29 bits per heavy atom. The first-order valence-corrected chi connectivity index (χ1v) is 8.09. The van der Waals surface area contributed by atoms with Crippen molar-refractivity contribution in [3.8, 4) is 0 Å². The molecular formula is C16H25N7O. The SMILES string of the molecule is CN/C(C)=C(/c1cc(N2CCOC[C@H]2C)nc2ccnn12)N(C)N. The van der Waals surface area contributed by atoms with Gasteiger partial charge in [-0.2, -0.15) is 5.10 Å². The maximum atomic E-state index is 6.10. The van der Waals surface area contributed by atoms with E-state index in [1.807, 2.05) is 37.7 Å². The van der Waals surface area contributed by atoms with Crippen molar-refractivity contribution in [1.82, 2.24) is 24.9 Å². The van der Waals surface area contributed by atoms with Gasteiger partial charge < -0.3 is 20.0 Å². The highest BCUT2D eigenvalue weighted by molar-refractivity contribution is 5.68. The van der Waals surface area contributed by atoms with Crippen LogP contribution in [0.2, 0.25) is 0 Å². The molecule has 2 aromatic rings. The fraction of sp³-hybridized carbons (Fsp3) is 0.500. The van der Waals surface area contributed by atoms with Crippen molar-refractivity contribution in [3.63, 3.8) is 0 Å². The fourth-order valence-electron chi connectivity index (χ4n) is 3.04. The summed E-state index contributed by atoms with van der Waals surface area (Å²) in [6.45, 7) is 6.37. The number of hydrazine groups is 1. The minimum Gasteiger partial charge on any atom is -0.390 e. The zero-order chi connectivity index (χ0) is 17.3. The molecule has 130 valence electrons. The number of allylic oxidation sites excluding steroid dienone is 1. The second-order valence-electron chi connectivity index (χ2n) is 6.05. The largest absolute Gasteiger partial charge is 0.390 e. The molecule has 3 heterocycles. The van der Waals surface area contributed by atoms with Crippen LogP contribution in [0.1, 0.15) is 19.5 Å². The molecule has 0 unspecified atom stereocenters. The summed E-state index contributed by atoms with van der Waals surface area (Å²) in [6.07, 6.45) is 1.75. The molecule has 0 aliphatic carbocycles. The lowest BCUT2D eigenvalue weighted by Crippen LogP contribution is -2.44. The van der Waals surface area contributed by atoms with Crippen molar-refractivity contribution >= 4 is 17.2 Å². The number of ether oxygens (including phenoxy) is 1. The van der Waals surface area contributed by atoms with Gasteiger partial charge in [0.05, 0.1) is 36.8 Å². The summed E-state index contributed by atoms with van der Waals surface area (Å²) in [5.41, 5.74) is 3.53. The highest BCUT2D eigenvalue weighted by atomic mass is 16.5. The van der Waals surface area contributed by atoms with Crippen LogP contribution in [0.3, 0.4) is 0 Å². The number of morpholine rings is 1. The van der Waals surface area contributed by atoms with E-state index in [2.05, 4.69) is 22.2 Å². The topological polar surface area (TPSA) is 84.0 Å². The number of nitrogens with zero attached hydrogens (tertiary/aromatic N) is 5. The van der Waals surface area contributed by atoms with E-state index in [0.29, 0.717) is 13.2 Å². The molecule has 0 saturated carbocycles. The summed E-state index contributed by atoms with van der Waals surface area (Å²) in [5, 5.41) is 9.19. The number of rotatable bonds is 4. The van der Waals surface area contributed by atoms with Gasteiger partial charge >= 0.3 is 0 Å². The van der Waals surface area contributed by atoms with Crippen LogP contribution in [0.15, 0.2) is 24.0 Å². The Labute approximate surface area is 141 Å². The second-order valence-corrected chi connectivity index (χ2v) is 6.05. The molecule has 8 heteroatoms. The number of hydrogen-bond acceptors (Lipinski definition) is 7. The van der Waals surface area contributed by atoms with E-state index >= 15 is 0 Å². The molecule has 24 heavy (non-hydrogen) atoms. The van der Waals surface area contributed by atoms with Crippen LogP contribution >= 0.6 is 0 Å². The molecule has 1 aliphatic heterocycles. The Hall–Kier alpha value is -2.32. The zero-order valence-corrected chi connectivity index (χ0v) is 14.7. The van der Waals surface area contributed by atoms with E-state index in [1.54, 1.807) is 11.2 Å². The summed E-state index contributed by atoms with van der Waals surface area (Å²) in [4.78, 5) is 7.03. The van der Waals surface area contributed by atoms with E-state index in [0.717, 1.165) is 35.1 Å². The fourth-order valence-corrected chi connectivity index (χ4v) is 3.04. The maximum Gasteiger partial charge on any atom is 0.158 e. The molecule has 0 spiro atoms. The Bertz CT molecular complexity index is 752.